The summed E-state index contributed by atoms with van der Waals surface area (Å²) in [6.07, 6.45) is 8.71. The average Bonchev–Trinajstić information content (AvgIpc) is 2.93. The molecule has 1 aliphatic heterocycles. The zero-order valence-corrected chi connectivity index (χ0v) is 15.5. The zero-order valence-electron chi connectivity index (χ0n) is 15.5. The largest absolute Gasteiger partial charge is 0.383 e. The number of hydrogen-bond acceptors (Lipinski definition) is 3. The monoisotopic (exact) mass is 354 g/mol. The summed E-state index contributed by atoms with van der Waals surface area (Å²) >= 11 is 0. The molecule has 0 bridgehead atoms. The van der Waals surface area contributed by atoms with Gasteiger partial charge in [-0.05, 0) is 24.8 Å². The van der Waals surface area contributed by atoms with Crippen molar-refractivity contribution in [1.29, 1.82) is 0 Å². The number of fused-ring (bicyclic) bond motifs is 1. The van der Waals surface area contributed by atoms with Crippen molar-refractivity contribution in [3.8, 4) is 0 Å². The summed E-state index contributed by atoms with van der Waals surface area (Å²) < 4.78 is 7.21. The Morgan fingerprint density at radius 2 is 2.08 bits per heavy atom. The van der Waals surface area contributed by atoms with Crippen LogP contribution in [0.4, 0.5) is 5.69 Å². The highest BCUT2D eigenvalue weighted by Crippen LogP contribution is 2.30. The fourth-order valence-electron chi connectivity index (χ4n) is 4.36. The lowest BCUT2D eigenvalue weighted by atomic mass is 9.87. The number of anilines is 1. The Bertz CT molecular complexity index is 807. The van der Waals surface area contributed by atoms with E-state index in [0.717, 1.165) is 22.1 Å². The quantitative estimate of drug-likeness (QED) is 0.802. The van der Waals surface area contributed by atoms with Gasteiger partial charge in [0.15, 0.2) is 0 Å². The van der Waals surface area contributed by atoms with Crippen LogP contribution in [0.3, 0.4) is 0 Å². The highest BCUT2D eigenvalue weighted by Gasteiger charge is 2.37. The second kappa shape index (κ2) is 7.08. The number of aliphatic hydroxyl groups is 1. The molecule has 1 aliphatic carbocycles. The third kappa shape index (κ3) is 3.53. The molecule has 0 atom stereocenters. The Morgan fingerprint density at radius 3 is 2.77 bits per heavy atom. The van der Waals surface area contributed by atoms with Gasteiger partial charge in [0, 0.05) is 23.5 Å². The van der Waals surface area contributed by atoms with Crippen molar-refractivity contribution in [2.24, 2.45) is 5.92 Å². The summed E-state index contributed by atoms with van der Waals surface area (Å²) in [5, 5.41) is 14.7. The molecule has 1 amide bonds. The van der Waals surface area contributed by atoms with Crippen LogP contribution in [0.5, 0.6) is 0 Å². The van der Waals surface area contributed by atoms with Gasteiger partial charge in [0.25, 0.3) is 0 Å². The lowest BCUT2D eigenvalue weighted by Crippen LogP contribution is -2.52. The van der Waals surface area contributed by atoms with Crippen molar-refractivity contribution in [2.45, 2.75) is 50.7 Å². The zero-order chi connectivity index (χ0) is 18.1. The Kier molecular flexibility index (Phi) is 4.80. The van der Waals surface area contributed by atoms with Crippen molar-refractivity contribution in [3.63, 3.8) is 0 Å². The normalized spacial score (nSPS) is 20.0. The molecule has 2 aliphatic rings. The van der Waals surface area contributed by atoms with Crippen molar-refractivity contribution in [3.05, 3.63) is 24.4 Å². The van der Waals surface area contributed by atoms with Crippen molar-refractivity contribution >= 4 is 35.8 Å². The summed E-state index contributed by atoms with van der Waals surface area (Å²) in [5.41, 5.74) is 2.21. The first kappa shape index (κ1) is 17.6. The SMILES string of the molecule is Bc1cccc2c1c(NC(=O)CC1CCCCC1)cn2CC1(O)COC1. The van der Waals surface area contributed by atoms with E-state index in [4.69, 9.17) is 4.74 Å². The van der Waals surface area contributed by atoms with Crippen LogP contribution in [-0.4, -0.2) is 42.2 Å². The van der Waals surface area contributed by atoms with Crippen LogP contribution in [0.15, 0.2) is 24.4 Å². The third-order valence-electron chi connectivity index (χ3n) is 5.79. The number of rotatable bonds is 5. The number of benzene rings is 1. The maximum atomic E-state index is 12.6. The van der Waals surface area contributed by atoms with Crippen molar-refractivity contribution in [2.75, 3.05) is 18.5 Å². The van der Waals surface area contributed by atoms with E-state index in [2.05, 4.69) is 19.2 Å². The molecule has 0 radical (unpaired) electrons. The van der Waals surface area contributed by atoms with Gasteiger partial charge in [-0.2, -0.15) is 0 Å². The van der Waals surface area contributed by atoms with Gasteiger partial charge in [-0.15, -0.1) is 0 Å². The molecule has 1 saturated carbocycles. The standard InChI is InChI=1S/C20H27BN2O3/c21-15-7-4-8-17-19(15)16(10-23(17)11-20(25)12-26-13-20)22-18(24)9-14-5-2-1-3-6-14/h4,7-8,10,14,25H,1-3,5-6,9,11-13,21H2,(H,22,24). The summed E-state index contributed by atoms with van der Waals surface area (Å²) in [7, 11) is 2.06. The van der Waals surface area contributed by atoms with Crippen LogP contribution in [0, 0.1) is 5.92 Å². The Balaban J connectivity index is 1.56. The minimum absolute atomic E-state index is 0.102. The van der Waals surface area contributed by atoms with Gasteiger partial charge in [-0.25, -0.2) is 0 Å². The van der Waals surface area contributed by atoms with Gasteiger partial charge in [0.2, 0.25) is 5.91 Å². The molecule has 0 unspecified atom stereocenters. The molecule has 4 rings (SSSR count). The summed E-state index contributed by atoms with van der Waals surface area (Å²) in [6.45, 7) is 1.20. The molecular formula is C20H27BN2O3. The van der Waals surface area contributed by atoms with E-state index in [9.17, 15) is 9.90 Å². The highest BCUT2D eigenvalue weighted by molar-refractivity contribution is 6.40. The van der Waals surface area contributed by atoms with E-state index >= 15 is 0 Å². The van der Waals surface area contributed by atoms with Crippen molar-refractivity contribution in [1.82, 2.24) is 4.57 Å². The smallest absolute Gasteiger partial charge is 0.224 e. The number of carbonyl (C=O) groups excluding carboxylic acids is 1. The molecular weight excluding hydrogens is 327 g/mol. The van der Waals surface area contributed by atoms with Crippen LogP contribution in [0.2, 0.25) is 0 Å². The molecule has 6 heteroatoms. The van der Waals surface area contributed by atoms with Gasteiger partial charge in [-0.1, -0.05) is 36.9 Å². The van der Waals surface area contributed by atoms with E-state index in [1.54, 1.807) is 0 Å². The molecule has 1 aromatic carbocycles. The molecule has 2 heterocycles. The Labute approximate surface area is 155 Å². The van der Waals surface area contributed by atoms with Gasteiger partial charge in [0.1, 0.15) is 13.4 Å². The third-order valence-corrected chi connectivity index (χ3v) is 5.79. The number of nitrogens with one attached hydrogen (secondary N) is 1. The van der Waals surface area contributed by atoms with Crippen LogP contribution < -0.4 is 10.8 Å². The Hall–Kier alpha value is -1.79. The molecule has 2 fully saturated rings. The van der Waals surface area contributed by atoms with E-state index in [-0.39, 0.29) is 5.91 Å². The molecule has 2 N–H and O–H groups in total. The van der Waals surface area contributed by atoms with Crippen LogP contribution in [0.1, 0.15) is 38.5 Å². The first-order valence-corrected chi connectivity index (χ1v) is 9.72. The average molecular weight is 354 g/mol. The molecule has 0 spiro atoms. The van der Waals surface area contributed by atoms with Crippen LogP contribution >= 0.6 is 0 Å². The predicted octanol–water partition coefficient (Wildman–Crippen LogP) is 1.57. The molecule has 5 nitrogen and oxygen atoms in total. The minimum atomic E-state index is -0.806. The predicted molar refractivity (Wildman–Crippen MR) is 106 cm³/mol. The van der Waals surface area contributed by atoms with Gasteiger partial charge in [-0.3, -0.25) is 4.79 Å². The van der Waals surface area contributed by atoms with Gasteiger partial charge >= 0.3 is 0 Å². The number of hydrogen-bond donors (Lipinski definition) is 2. The lowest BCUT2D eigenvalue weighted by Gasteiger charge is -2.36. The molecule has 1 aromatic heterocycles. The first-order valence-electron chi connectivity index (χ1n) is 9.72. The number of ether oxygens (including phenoxy) is 1. The number of carbonyl (C=O) groups is 1. The molecule has 1 saturated heterocycles. The summed E-state index contributed by atoms with van der Waals surface area (Å²) in [4.78, 5) is 12.6. The number of amides is 1. The van der Waals surface area contributed by atoms with Crippen LogP contribution in [-0.2, 0) is 16.1 Å². The lowest BCUT2D eigenvalue weighted by molar-refractivity contribution is -0.184. The number of nitrogens with zero attached hydrogens (tertiary/aromatic N) is 1. The molecule has 26 heavy (non-hydrogen) atoms. The fourth-order valence-corrected chi connectivity index (χ4v) is 4.36. The summed E-state index contributed by atoms with van der Waals surface area (Å²) in [6, 6.07) is 6.12. The van der Waals surface area contributed by atoms with Crippen LogP contribution in [0.25, 0.3) is 10.9 Å². The Morgan fingerprint density at radius 1 is 1.31 bits per heavy atom. The van der Waals surface area contributed by atoms with Crippen molar-refractivity contribution < 1.29 is 14.6 Å². The fraction of sp³-hybridized carbons (Fsp3) is 0.550. The maximum Gasteiger partial charge on any atom is 0.224 e. The van der Waals surface area contributed by atoms with Gasteiger partial charge in [0.05, 0.1) is 25.4 Å². The summed E-state index contributed by atoms with van der Waals surface area (Å²) in [5.74, 6) is 0.621. The van der Waals surface area contributed by atoms with E-state index in [0.29, 0.717) is 32.1 Å². The highest BCUT2D eigenvalue weighted by atomic mass is 16.5. The second-order valence-electron chi connectivity index (χ2n) is 8.11. The van der Waals surface area contributed by atoms with Gasteiger partial charge < -0.3 is 19.7 Å². The van der Waals surface area contributed by atoms with E-state index < -0.39 is 5.60 Å². The van der Waals surface area contributed by atoms with E-state index in [1.165, 1.54) is 32.1 Å². The van der Waals surface area contributed by atoms with E-state index in [1.807, 2.05) is 22.9 Å². The first-order chi connectivity index (χ1) is 12.5. The second-order valence-corrected chi connectivity index (χ2v) is 8.11. The molecule has 2 aromatic rings. The minimum Gasteiger partial charge on any atom is -0.383 e. The topological polar surface area (TPSA) is 63.5 Å². The maximum absolute atomic E-state index is 12.6. The number of aromatic nitrogens is 1. The molecule has 138 valence electrons.